The van der Waals surface area contributed by atoms with E-state index >= 15 is 0 Å². The van der Waals surface area contributed by atoms with Gasteiger partial charge >= 0.3 is 6.18 Å². The van der Waals surface area contributed by atoms with Crippen LogP contribution in [-0.4, -0.2) is 31.1 Å². The molecule has 0 aliphatic heterocycles. The number of rotatable bonds is 6. The minimum atomic E-state index is -4.30. The van der Waals surface area contributed by atoms with Gasteiger partial charge < -0.3 is 5.73 Å². The van der Waals surface area contributed by atoms with Gasteiger partial charge in [-0.1, -0.05) is 12.2 Å². The predicted molar refractivity (Wildman–Crippen MR) is 70.6 cm³/mol. The zero-order valence-electron chi connectivity index (χ0n) is 10.1. The molecule has 1 aromatic heterocycles. The molecule has 10 heteroatoms. The van der Waals surface area contributed by atoms with Crippen LogP contribution in [0.5, 0.6) is 0 Å². The summed E-state index contributed by atoms with van der Waals surface area (Å²) in [5.41, 5.74) is 5.57. The second-order valence-corrected chi connectivity index (χ2v) is 6.07. The van der Waals surface area contributed by atoms with Gasteiger partial charge in [-0.2, -0.15) is 13.2 Å². The Morgan fingerprint density at radius 2 is 2.05 bits per heavy atom. The van der Waals surface area contributed by atoms with Crippen LogP contribution < -0.4 is 10.5 Å². The quantitative estimate of drug-likeness (QED) is 0.608. The fourth-order valence-corrected chi connectivity index (χ4v) is 2.40. The van der Waals surface area contributed by atoms with E-state index in [4.69, 9.17) is 5.73 Å². The van der Waals surface area contributed by atoms with Crippen LogP contribution in [0.25, 0.3) is 0 Å². The van der Waals surface area contributed by atoms with Crippen molar-refractivity contribution in [1.29, 1.82) is 0 Å². The molecule has 0 amide bonds. The van der Waals surface area contributed by atoms with Crippen molar-refractivity contribution in [2.24, 2.45) is 5.73 Å². The monoisotopic (exact) mass is 327 g/mol. The first-order valence-electron chi connectivity index (χ1n) is 5.44. The smallest absolute Gasteiger partial charge is 0.388 e. The average Bonchev–Trinajstić information content (AvgIpc) is 2.34. The van der Waals surface area contributed by atoms with Crippen LogP contribution in [0.3, 0.4) is 0 Å². The Kier molecular flexibility index (Phi) is 5.42. The molecule has 1 rings (SSSR count). The van der Waals surface area contributed by atoms with Gasteiger partial charge in [-0.05, 0) is 18.6 Å². The van der Waals surface area contributed by atoms with Gasteiger partial charge in [0.2, 0.25) is 10.0 Å². The molecule has 0 radical (unpaired) electrons. The summed E-state index contributed by atoms with van der Waals surface area (Å²) < 4.78 is 61.3. The van der Waals surface area contributed by atoms with E-state index in [0.717, 1.165) is 6.20 Å². The maximum Gasteiger partial charge on any atom is 0.389 e. The normalized spacial score (nSPS) is 12.3. The molecule has 0 aromatic carbocycles. The van der Waals surface area contributed by atoms with E-state index in [1.807, 2.05) is 0 Å². The highest BCUT2D eigenvalue weighted by molar-refractivity contribution is 7.89. The lowest BCUT2D eigenvalue weighted by molar-refractivity contribution is -0.135. The molecule has 0 spiro atoms. The molecule has 0 aliphatic rings. The number of sulfonamides is 1. The van der Waals surface area contributed by atoms with Gasteiger partial charge in [-0.25, -0.2) is 13.1 Å². The Morgan fingerprint density at radius 1 is 1.40 bits per heavy atom. The number of halogens is 3. The summed E-state index contributed by atoms with van der Waals surface area (Å²) in [4.78, 5) is 3.60. The maximum atomic E-state index is 11.9. The largest absolute Gasteiger partial charge is 0.389 e. The van der Waals surface area contributed by atoms with Crippen molar-refractivity contribution in [2.45, 2.75) is 23.9 Å². The molecular formula is C10H12F3N3O2S2. The molecule has 112 valence electrons. The summed E-state index contributed by atoms with van der Waals surface area (Å²) in [6, 6.07) is 2.56. The molecule has 0 bridgehead atoms. The first-order valence-corrected chi connectivity index (χ1v) is 7.33. The Labute approximate surface area is 119 Å². The van der Waals surface area contributed by atoms with Crippen LogP contribution in [0, 0.1) is 0 Å². The van der Waals surface area contributed by atoms with Gasteiger partial charge in [0.05, 0.1) is 5.69 Å². The number of nitrogens with zero attached hydrogens (tertiary/aromatic N) is 1. The second-order valence-electron chi connectivity index (χ2n) is 3.86. The standard InChI is InChI=1S/C10H12F3N3O2S2/c11-10(12,13)4-1-5-16-20(17,18)7-2-3-8(9(14)19)15-6-7/h2-3,6,16H,1,4-5H2,(H2,14,19). The highest BCUT2D eigenvalue weighted by atomic mass is 32.2. The van der Waals surface area contributed by atoms with E-state index in [9.17, 15) is 21.6 Å². The number of nitrogens with two attached hydrogens (primary N) is 1. The van der Waals surface area contributed by atoms with Crippen molar-refractivity contribution < 1.29 is 21.6 Å². The molecule has 0 saturated carbocycles. The summed E-state index contributed by atoms with van der Waals surface area (Å²) in [5.74, 6) is 0. The first kappa shape index (κ1) is 16.8. The van der Waals surface area contributed by atoms with Gasteiger partial charge in [0, 0.05) is 19.2 Å². The summed E-state index contributed by atoms with van der Waals surface area (Å²) in [5, 5.41) is 0. The van der Waals surface area contributed by atoms with Gasteiger partial charge in [-0.15, -0.1) is 0 Å². The molecule has 0 atom stereocenters. The molecule has 1 aromatic rings. The summed E-state index contributed by atoms with van der Waals surface area (Å²) in [6.07, 6.45) is -4.64. The topological polar surface area (TPSA) is 85.1 Å². The van der Waals surface area contributed by atoms with Crippen LogP contribution in [-0.2, 0) is 10.0 Å². The van der Waals surface area contributed by atoms with E-state index in [1.54, 1.807) is 0 Å². The zero-order valence-corrected chi connectivity index (χ0v) is 11.8. The molecule has 3 N–H and O–H groups in total. The number of nitrogens with one attached hydrogen (secondary N) is 1. The number of hydrogen-bond acceptors (Lipinski definition) is 4. The molecule has 1 heterocycles. The number of aromatic nitrogens is 1. The molecular weight excluding hydrogens is 315 g/mol. The molecule has 0 saturated heterocycles. The summed E-state index contributed by atoms with van der Waals surface area (Å²) >= 11 is 4.66. The average molecular weight is 327 g/mol. The third-order valence-corrected chi connectivity index (χ3v) is 3.88. The van der Waals surface area contributed by atoms with E-state index in [2.05, 4.69) is 21.9 Å². The van der Waals surface area contributed by atoms with Gasteiger partial charge in [0.15, 0.2) is 0 Å². The van der Waals surface area contributed by atoms with Crippen molar-refractivity contribution in [2.75, 3.05) is 6.54 Å². The van der Waals surface area contributed by atoms with Crippen LogP contribution in [0.15, 0.2) is 23.2 Å². The fraction of sp³-hybridized carbons (Fsp3) is 0.400. The van der Waals surface area contributed by atoms with Crippen molar-refractivity contribution in [3.8, 4) is 0 Å². The van der Waals surface area contributed by atoms with Crippen LogP contribution in [0.2, 0.25) is 0 Å². The van der Waals surface area contributed by atoms with Gasteiger partial charge in [0.1, 0.15) is 9.88 Å². The number of pyridine rings is 1. The van der Waals surface area contributed by atoms with E-state index in [-0.39, 0.29) is 28.5 Å². The number of hydrogen-bond donors (Lipinski definition) is 2. The molecule has 0 fully saturated rings. The van der Waals surface area contributed by atoms with Gasteiger partial charge in [-0.3, -0.25) is 4.98 Å². The maximum absolute atomic E-state index is 11.9. The van der Waals surface area contributed by atoms with E-state index in [0.29, 0.717) is 0 Å². The lowest BCUT2D eigenvalue weighted by atomic mass is 10.3. The van der Waals surface area contributed by atoms with Crippen LogP contribution in [0.4, 0.5) is 13.2 Å². The highest BCUT2D eigenvalue weighted by Gasteiger charge is 2.26. The highest BCUT2D eigenvalue weighted by Crippen LogP contribution is 2.20. The Hall–Kier alpha value is -1.26. The Morgan fingerprint density at radius 3 is 2.50 bits per heavy atom. The lowest BCUT2D eigenvalue weighted by Crippen LogP contribution is -2.26. The Bertz CT molecular complexity index is 570. The summed E-state index contributed by atoms with van der Waals surface area (Å²) in [7, 11) is -3.88. The van der Waals surface area contributed by atoms with Crippen molar-refractivity contribution in [1.82, 2.24) is 9.71 Å². The SMILES string of the molecule is NC(=S)c1ccc(S(=O)(=O)NCCCC(F)(F)F)cn1. The van der Waals surface area contributed by atoms with Crippen molar-refractivity contribution in [3.63, 3.8) is 0 Å². The molecule has 0 unspecified atom stereocenters. The minimum absolute atomic E-state index is 0.0204. The predicted octanol–water partition coefficient (Wildman–Crippen LogP) is 1.34. The third kappa shape index (κ3) is 5.39. The van der Waals surface area contributed by atoms with E-state index in [1.165, 1.54) is 12.1 Å². The molecule has 5 nitrogen and oxygen atoms in total. The van der Waals surface area contributed by atoms with Crippen LogP contribution in [0.1, 0.15) is 18.5 Å². The molecule has 20 heavy (non-hydrogen) atoms. The zero-order chi connectivity index (χ0) is 15.4. The first-order chi connectivity index (χ1) is 9.12. The summed E-state index contributed by atoms with van der Waals surface area (Å²) in [6.45, 7) is -0.307. The van der Waals surface area contributed by atoms with E-state index < -0.39 is 22.6 Å². The Balaban J connectivity index is 2.62. The minimum Gasteiger partial charge on any atom is -0.388 e. The van der Waals surface area contributed by atoms with Gasteiger partial charge in [0.25, 0.3) is 0 Å². The number of thiocarbonyl (C=S) groups is 1. The number of alkyl halides is 3. The van der Waals surface area contributed by atoms with Crippen LogP contribution >= 0.6 is 12.2 Å². The van der Waals surface area contributed by atoms with Crippen molar-refractivity contribution in [3.05, 3.63) is 24.0 Å². The fourth-order valence-electron chi connectivity index (χ4n) is 1.26. The molecule has 0 aliphatic carbocycles. The lowest BCUT2D eigenvalue weighted by Gasteiger charge is -2.08. The van der Waals surface area contributed by atoms with Crippen molar-refractivity contribution >= 4 is 27.2 Å². The second kappa shape index (κ2) is 6.46. The third-order valence-electron chi connectivity index (χ3n) is 2.23.